The van der Waals surface area contributed by atoms with E-state index in [0.717, 1.165) is 22.3 Å². The molecule has 0 aromatic heterocycles. The number of aliphatic hydroxyl groups excluding tert-OH is 1. The van der Waals surface area contributed by atoms with Gasteiger partial charge in [-0.15, -0.1) is 0 Å². The highest BCUT2D eigenvalue weighted by atomic mass is 35.5. The van der Waals surface area contributed by atoms with Gasteiger partial charge in [0.15, 0.2) is 11.6 Å². The monoisotopic (exact) mass is 418 g/mol. The van der Waals surface area contributed by atoms with Crippen LogP contribution in [0, 0.1) is 17.8 Å². The third kappa shape index (κ3) is 3.30. The van der Waals surface area contributed by atoms with Crippen molar-refractivity contribution in [3.8, 4) is 11.1 Å². The van der Waals surface area contributed by atoms with Gasteiger partial charge >= 0.3 is 0 Å². The summed E-state index contributed by atoms with van der Waals surface area (Å²) in [5.74, 6) is -1.27. The predicted molar refractivity (Wildman–Crippen MR) is 113 cm³/mol. The van der Waals surface area contributed by atoms with E-state index in [0.29, 0.717) is 10.0 Å². The highest BCUT2D eigenvalue weighted by Gasteiger charge is 2.58. The van der Waals surface area contributed by atoms with Gasteiger partial charge in [-0.25, -0.2) is 0 Å². The molecule has 1 saturated carbocycles. The van der Waals surface area contributed by atoms with Crippen LogP contribution in [0.5, 0.6) is 0 Å². The van der Waals surface area contributed by atoms with E-state index in [1.54, 1.807) is 45.9 Å². The number of hydrogen-bond acceptors (Lipinski definition) is 3. The van der Waals surface area contributed by atoms with Crippen molar-refractivity contribution in [3.05, 3.63) is 57.6 Å². The molecule has 0 radical (unpaired) electrons. The standard InChI is InChI=1S/C23H24Cl2O3/c1-12-6-7-13(14-8-15(24)11-16(25)9-14)10-17(12)18-19(26)22(2,3)21(28)23(4,5)20(18)27/h6-11,18-19,26H,1-5H3. The number of halogens is 2. The zero-order chi connectivity index (χ0) is 21.0. The van der Waals surface area contributed by atoms with Crippen LogP contribution in [0.25, 0.3) is 11.1 Å². The van der Waals surface area contributed by atoms with E-state index in [9.17, 15) is 14.7 Å². The van der Waals surface area contributed by atoms with Gasteiger partial charge in [0.2, 0.25) is 0 Å². The maximum Gasteiger partial charge on any atom is 0.155 e. The molecule has 3 nitrogen and oxygen atoms in total. The van der Waals surface area contributed by atoms with Gasteiger partial charge in [0, 0.05) is 10.0 Å². The Kier molecular flexibility index (Phi) is 5.24. The molecule has 5 heteroatoms. The minimum atomic E-state index is -1.16. The first-order chi connectivity index (χ1) is 12.9. The lowest BCUT2D eigenvalue weighted by Gasteiger charge is -2.46. The zero-order valence-corrected chi connectivity index (χ0v) is 18.2. The summed E-state index contributed by atoms with van der Waals surface area (Å²) in [5.41, 5.74) is 1.10. The van der Waals surface area contributed by atoms with Crippen LogP contribution in [0.15, 0.2) is 36.4 Å². The lowest BCUT2D eigenvalue weighted by atomic mass is 9.56. The topological polar surface area (TPSA) is 54.4 Å². The van der Waals surface area contributed by atoms with Crippen molar-refractivity contribution in [1.29, 1.82) is 0 Å². The Morgan fingerprint density at radius 2 is 1.46 bits per heavy atom. The Morgan fingerprint density at radius 1 is 0.893 bits per heavy atom. The van der Waals surface area contributed by atoms with Crippen LogP contribution in [0.3, 0.4) is 0 Å². The van der Waals surface area contributed by atoms with Gasteiger partial charge in [0.25, 0.3) is 0 Å². The number of carbonyl (C=O) groups is 2. The average molecular weight is 419 g/mol. The molecule has 2 atom stereocenters. The summed E-state index contributed by atoms with van der Waals surface area (Å²) >= 11 is 12.3. The molecule has 148 valence electrons. The first-order valence-corrected chi connectivity index (χ1v) is 9.97. The van der Waals surface area contributed by atoms with E-state index in [1.165, 1.54) is 0 Å². The molecule has 1 aliphatic rings. The molecule has 2 unspecified atom stereocenters. The molecule has 0 spiro atoms. The summed E-state index contributed by atoms with van der Waals surface area (Å²) in [6, 6.07) is 11.0. The highest BCUT2D eigenvalue weighted by Crippen LogP contribution is 2.48. The average Bonchev–Trinajstić information content (AvgIpc) is 2.60. The largest absolute Gasteiger partial charge is 0.391 e. The fraction of sp³-hybridized carbons (Fsp3) is 0.391. The Hall–Kier alpha value is -1.68. The van der Waals surface area contributed by atoms with Crippen LogP contribution in [0.2, 0.25) is 10.0 Å². The molecule has 0 amide bonds. The molecule has 0 heterocycles. The van der Waals surface area contributed by atoms with E-state index in [4.69, 9.17) is 23.2 Å². The van der Waals surface area contributed by atoms with Crippen molar-refractivity contribution in [3.63, 3.8) is 0 Å². The first kappa shape index (κ1) is 21.0. The molecule has 1 N–H and O–H groups in total. The summed E-state index contributed by atoms with van der Waals surface area (Å²) in [6.45, 7) is 8.61. The molecular weight excluding hydrogens is 395 g/mol. The number of hydrogen-bond donors (Lipinski definition) is 1. The molecule has 0 saturated heterocycles. The summed E-state index contributed by atoms with van der Waals surface area (Å²) in [5, 5.41) is 12.1. The number of ketones is 2. The lowest BCUT2D eigenvalue weighted by molar-refractivity contribution is -0.160. The molecule has 2 aromatic carbocycles. The molecule has 0 aliphatic heterocycles. The van der Waals surface area contributed by atoms with E-state index in [2.05, 4.69) is 0 Å². The van der Waals surface area contributed by atoms with Gasteiger partial charge in [-0.2, -0.15) is 0 Å². The van der Waals surface area contributed by atoms with Gasteiger partial charge in [-0.05, 0) is 61.2 Å². The van der Waals surface area contributed by atoms with Crippen LogP contribution < -0.4 is 0 Å². The van der Waals surface area contributed by atoms with Crippen molar-refractivity contribution in [2.24, 2.45) is 10.8 Å². The Morgan fingerprint density at radius 3 is 2.04 bits per heavy atom. The molecule has 0 bridgehead atoms. The minimum Gasteiger partial charge on any atom is -0.391 e. The molecule has 2 aromatic rings. The van der Waals surface area contributed by atoms with Crippen molar-refractivity contribution in [2.45, 2.75) is 46.6 Å². The second-order valence-corrected chi connectivity index (χ2v) is 9.56. The second-order valence-electron chi connectivity index (χ2n) is 8.69. The van der Waals surface area contributed by atoms with Crippen molar-refractivity contribution in [1.82, 2.24) is 0 Å². The van der Waals surface area contributed by atoms with Crippen LogP contribution in [-0.4, -0.2) is 22.8 Å². The summed E-state index contributed by atoms with van der Waals surface area (Å²) in [6.07, 6.45) is -1.10. The third-order valence-electron chi connectivity index (χ3n) is 5.92. The Labute approximate surface area is 175 Å². The number of aryl methyl sites for hydroxylation is 1. The fourth-order valence-electron chi connectivity index (χ4n) is 4.19. The lowest BCUT2D eigenvalue weighted by Crippen LogP contribution is -2.58. The Balaban J connectivity index is 2.17. The molecule has 1 fully saturated rings. The molecule has 3 rings (SSSR count). The third-order valence-corrected chi connectivity index (χ3v) is 6.35. The fourth-order valence-corrected chi connectivity index (χ4v) is 4.71. The SMILES string of the molecule is Cc1ccc(-c2cc(Cl)cc(Cl)c2)cc1C1C(=O)C(C)(C)C(=O)C(C)(C)C1O. The zero-order valence-electron chi connectivity index (χ0n) is 16.6. The molecule has 1 aliphatic carbocycles. The van der Waals surface area contributed by atoms with E-state index in [1.807, 2.05) is 25.1 Å². The van der Waals surface area contributed by atoms with E-state index in [-0.39, 0.29) is 11.6 Å². The van der Waals surface area contributed by atoms with Gasteiger partial charge in [-0.3, -0.25) is 9.59 Å². The van der Waals surface area contributed by atoms with Gasteiger partial charge in [0.05, 0.1) is 22.9 Å². The highest BCUT2D eigenvalue weighted by molar-refractivity contribution is 6.35. The summed E-state index contributed by atoms with van der Waals surface area (Å²) in [4.78, 5) is 26.0. The quantitative estimate of drug-likeness (QED) is 0.643. The van der Waals surface area contributed by atoms with E-state index < -0.39 is 22.9 Å². The maximum atomic E-state index is 13.2. The van der Waals surface area contributed by atoms with Crippen molar-refractivity contribution < 1.29 is 14.7 Å². The first-order valence-electron chi connectivity index (χ1n) is 9.21. The van der Waals surface area contributed by atoms with Crippen LogP contribution in [0.4, 0.5) is 0 Å². The number of aliphatic hydroxyl groups is 1. The summed E-state index contributed by atoms with van der Waals surface area (Å²) < 4.78 is 0. The number of rotatable bonds is 2. The maximum absolute atomic E-state index is 13.2. The van der Waals surface area contributed by atoms with Gasteiger partial charge in [-0.1, -0.05) is 55.2 Å². The van der Waals surface area contributed by atoms with Crippen molar-refractivity contribution >= 4 is 34.8 Å². The molecular formula is C23H24Cl2O3. The van der Waals surface area contributed by atoms with Crippen molar-refractivity contribution in [2.75, 3.05) is 0 Å². The van der Waals surface area contributed by atoms with E-state index >= 15 is 0 Å². The van der Waals surface area contributed by atoms with Crippen LogP contribution >= 0.6 is 23.2 Å². The van der Waals surface area contributed by atoms with Crippen LogP contribution in [0.1, 0.15) is 44.7 Å². The summed E-state index contributed by atoms with van der Waals surface area (Å²) in [7, 11) is 0. The Bertz CT molecular complexity index is 956. The molecule has 28 heavy (non-hydrogen) atoms. The number of carbonyl (C=O) groups excluding carboxylic acids is 2. The van der Waals surface area contributed by atoms with Gasteiger partial charge < -0.3 is 5.11 Å². The number of benzene rings is 2. The minimum absolute atomic E-state index is 0.232. The smallest absolute Gasteiger partial charge is 0.155 e. The van der Waals surface area contributed by atoms with Crippen LogP contribution in [-0.2, 0) is 9.59 Å². The second kappa shape index (κ2) is 6.98. The number of Topliss-reactive ketones (excluding diaryl/α,β-unsaturated/α-hetero) is 2. The normalized spacial score (nSPS) is 23.7. The van der Waals surface area contributed by atoms with Gasteiger partial charge in [0.1, 0.15) is 0 Å². The predicted octanol–water partition coefficient (Wildman–Crippen LogP) is 5.62.